The van der Waals surface area contributed by atoms with Crippen molar-refractivity contribution in [3.8, 4) is 0 Å². The van der Waals surface area contributed by atoms with Gasteiger partial charge >= 0.3 is 0 Å². The van der Waals surface area contributed by atoms with Gasteiger partial charge in [-0.1, -0.05) is 0 Å². The van der Waals surface area contributed by atoms with E-state index in [-0.39, 0.29) is 11.6 Å². The molecule has 2 fully saturated rings. The minimum Gasteiger partial charge on any atom is -0.378 e. The Kier molecular flexibility index (Phi) is 4.42. The molecule has 0 aromatic rings. The Morgan fingerprint density at radius 1 is 1.35 bits per heavy atom. The van der Waals surface area contributed by atoms with E-state index in [4.69, 9.17) is 15.2 Å². The van der Waals surface area contributed by atoms with E-state index in [2.05, 4.69) is 18.7 Å². The fourth-order valence-corrected chi connectivity index (χ4v) is 2.25. The molecule has 4 heteroatoms. The second-order valence-electron chi connectivity index (χ2n) is 6.20. The lowest BCUT2D eigenvalue weighted by Gasteiger charge is -2.36. The zero-order valence-corrected chi connectivity index (χ0v) is 11.2. The lowest BCUT2D eigenvalue weighted by molar-refractivity contribution is -0.0731. The summed E-state index contributed by atoms with van der Waals surface area (Å²) in [7, 11) is 0. The molecule has 0 aromatic carbocycles. The summed E-state index contributed by atoms with van der Waals surface area (Å²) in [5.74, 6) is 0.831. The standard InChI is InChI=1S/C13H26N2O2/c1-13(2,14)10-15-5-6-17-12(7-15)9-16-8-11-3-4-11/h11-12H,3-10,14H2,1-2H3. The molecule has 1 aliphatic heterocycles. The van der Waals surface area contributed by atoms with Gasteiger partial charge in [-0.15, -0.1) is 0 Å². The van der Waals surface area contributed by atoms with E-state index in [1.165, 1.54) is 12.8 Å². The van der Waals surface area contributed by atoms with Crippen molar-refractivity contribution >= 4 is 0 Å². The molecule has 0 aromatic heterocycles. The molecular formula is C13H26N2O2. The van der Waals surface area contributed by atoms with Crippen LogP contribution in [0.5, 0.6) is 0 Å². The molecule has 100 valence electrons. The van der Waals surface area contributed by atoms with Gasteiger partial charge in [0.15, 0.2) is 0 Å². The number of morpholine rings is 1. The molecule has 4 nitrogen and oxygen atoms in total. The highest BCUT2D eigenvalue weighted by Gasteiger charge is 2.26. The van der Waals surface area contributed by atoms with Crippen LogP contribution in [0.15, 0.2) is 0 Å². The third-order valence-corrected chi connectivity index (χ3v) is 3.21. The molecule has 2 N–H and O–H groups in total. The summed E-state index contributed by atoms with van der Waals surface area (Å²) in [4.78, 5) is 2.38. The van der Waals surface area contributed by atoms with Gasteiger partial charge in [-0.2, -0.15) is 0 Å². The Hall–Kier alpha value is -0.160. The molecule has 0 bridgehead atoms. The number of nitrogens with zero attached hydrogens (tertiary/aromatic N) is 1. The lowest BCUT2D eigenvalue weighted by Crippen LogP contribution is -2.52. The predicted octanol–water partition coefficient (Wildman–Crippen LogP) is 0.851. The van der Waals surface area contributed by atoms with Gasteiger partial charge in [0.05, 0.1) is 19.3 Å². The van der Waals surface area contributed by atoms with Crippen LogP contribution in [0.1, 0.15) is 26.7 Å². The number of rotatable bonds is 6. The first-order valence-corrected chi connectivity index (χ1v) is 6.73. The van der Waals surface area contributed by atoms with Crippen molar-refractivity contribution in [2.75, 3.05) is 39.5 Å². The third kappa shape index (κ3) is 5.34. The molecule has 0 amide bonds. The zero-order valence-electron chi connectivity index (χ0n) is 11.2. The summed E-state index contributed by atoms with van der Waals surface area (Å²) in [6, 6.07) is 0. The average Bonchev–Trinajstić information content (AvgIpc) is 2.99. The third-order valence-electron chi connectivity index (χ3n) is 3.21. The van der Waals surface area contributed by atoms with Crippen molar-refractivity contribution in [1.82, 2.24) is 4.90 Å². The maximum Gasteiger partial charge on any atom is 0.0935 e. The molecule has 1 atom stereocenters. The quantitative estimate of drug-likeness (QED) is 0.750. The van der Waals surface area contributed by atoms with Gasteiger partial charge in [0.1, 0.15) is 0 Å². The van der Waals surface area contributed by atoms with E-state index < -0.39 is 0 Å². The highest BCUT2D eigenvalue weighted by Crippen LogP contribution is 2.28. The topological polar surface area (TPSA) is 47.7 Å². The molecule has 1 saturated heterocycles. The monoisotopic (exact) mass is 242 g/mol. The molecule has 1 saturated carbocycles. The molecule has 2 rings (SSSR count). The van der Waals surface area contributed by atoms with Gasteiger partial charge in [-0.25, -0.2) is 0 Å². The molecular weight excluding hydrogens is 216 g/mol. The number of hydrogen-bond donors (Lipinski definition) is 1. The number of nitrogens with two attached hydrogens (primary N) is 1. The van der Waals surface area contributed by atoms with Crippen molar-refractivity contribution in [2.45, 2.75) is 38.3 Å². The van der Waals surface area contributed by atoms with Gasteiger partial charge in [-0.3, -0.25) is 4.90 Å². The van der Waals surface area contributed by atoms with Crippen LogP contribution in [0.25, 0.3) is 0 Å². The molecule has 1 unspecified atom stereocenters. The minimum atomic E-state index is -0.128. The van der Waals surface area contributed by atoms with Crippen LogP contribution in [0.4, 0.5) is 0 Å². The Labute approximate surface area is 104 Å². The largest absolute Gasteiger partial charge is 0.378 e. The van der Waals surface area contributed by atoms with Crippen LogP contribution in [0.2, 0.25) is 0 Å². The maximum absolute atomic E-state index is 6.05. The predicted molar refractivity (Wildman–Crippen MR) is 68.0 cm³/mol. The minimum absolute atomic E-state index is 0.128. The van der Waals surface area contributed by atoms with E-state index >= 15 is 0 Å². The Morgan fingerprint density at radius 2 is 2.12 bits per heavy atom. The Morgan fingerprint density at radius 3 is 2.76 bits per heavy atom. The van der Waals surface area contributed by atoms with Crippen LogP contribution in [-0.4, -0.2) is 56.0 Å². The first-order valence-electron chi connectivity index (χ1n) is 6.73. The summed E-state index contributed by atoms with van der Waals surface area (Å²) in [5.41, 5.74) is 5.92. The summed E-state index contributed by atoms with van der Waals surface area (Å²) >= 11 is 0. The Balaban J connectivity index is 1.64. The van der Waals surface area contributed by atoms with Crippen molar-refractivity contribution in [1.29, 1.82) is 0 Å². The highest BCUT2D eigenvalue weighted by atomic mass is 16.5. The number of ether oxygens (including phenoxy) is 2. The highest BCUT2D eigenvalue weighted by molar-refractivity contribution is 4.81. The summed E-state index contributed by atoms with van der Waals surface area (Å²) in [6.45, 7) is 9.45. The average molecular weight is 242 g/mol. The van der Waals surface area contributed by atoms with Gasteiger partial charge < -0.3 is 15.2 Å². The molecule has 0 radical (unpaired) electrons. The lowest BCUT2D eigenvalue weighted by atomic mass is 10.1. The normalized spacial score (nSPS) is 27.4. The summed E-state index contributed by atoms with van der Waals surface area (Å²) in [6.07, 6.45) is 2.92. The van der Waals surface area contributed by atoms with Gasteiger partial charge in [-0.05, 0) is 32.6 Å². The number of hydrogen-bond acceptors (Lipinski definition) is 4. The van der Waals surface area contributed by atoms with E-state index in [0.717, 1.165) is 45.4 Å². The smallest absolute Gasteiger partial charge is 0.0935 e. The summed E-state index contributed by atoms with van der Waals surface area (Å²) < 4.78 is 11.4. The molecule has 1 aliphatic carbocycles. The fraction of sp³-hybridized carbons (Fsp3) is 1.00. The van der Waals surface area contributed by atoms with Crippen molar-refractivity contribution in [3.05, 3.63) is 0 Å². The van der Waals surface area contributed by atoms with Crippen LogP contribution in [0.3, 0.4) is 0 Å². The van der Waals surface area contributed by atoms with Crippen LogP contribution in [-0.2, 0) is 9.47 Å². The zero-order chi connectivity index (χ0) is 12.3. The van der Waals surface area contributed by atoms with Crippen molar-refractivity contribution < 1.29 is 9.47 Å². The van der Waals surface area contributed by atoms with Crippen molar-refractivity contribution in [3.63, 3.8) is 0 Å². The van der Waals surface area contributed by atoms with E-state index in [1.807, 2.05) is 0 Å². The van der Waals surface area contributed by atoms with E-state index in [1.54, 1.807) is 0 Å². The van der Waals surface area contributed by atoms with Crippen LogP contribution in [0, 0.1) is 5.92 Å². The van der Waals surface area contributed by atoms with Crippen LogP contribution >= 0.6 is 0 Å². The SMILES string of the molecule is CC(C)(N)CN1CCOC(COCC2CC2)C1. The maximum atomic E-state index is 6.05. The second kappa shape index (κ2) is 5.65. The first-order chi connectivity index (χ1) is 8.03. The first kappa shape index (κ1) is 13.3. The molecule has 17 heavy (non-hydrogen) atoms. The fourth-order valence-electron chi connectivity index (χ4n) is 2.25. The van der Waals surface area contributed by atoms with E-state index in [9.17, 15) is 0 Å². The molecule has 1 heterocycles. The molecule has 0 spiro atoms. The van der Waals surface area contributed by atoms with Crippen LogP contribution < -0.4 is 5.73 Å². The summed E-state index contributed by atoms with van der Waals surface area (Å²) in [5, 5.41) is 0. The van der Waals surface area contributed by atoms with Crippen molar-refractivity contribution in [2.24, 2.45) is 11.7 Å². The van der Waals surface area contributed by atoms with Gasteiger partial charge in [0.25, 0.3) is 0 Å². The Bertz CT molecular complexity index is 236. The second-order valence-corrected chi connectivity index (χ2v) is 6.20. The van der Waals surface area contributed by atoms with Gasteiger partial charge in [0.2, 0.25) is 0 Å². The van der Waals surface area contributed by atoms with Gasteiger partial charge in [0, 0.05) is 31.8 Å². The molecule has 2 aliphatic rings. The van der Waals surface area contributed by atoms with E-state index in [0.29, 0.717) is 0 Å².